The van der Waals surface area contributed by atoms with Crippen molar-refractivity contribution in [2.45, 2.75) is 18.9 Å². The van der Waals surface area contributed by atoms with Gasteiger partial charge in [0.1, 0.15) is 0 Å². The summed E-state index contributed by atoms with van der Waals surface area (Å²) >= 11 is 7.38. The maximum absolute atomic E-state index is 12.7. The molecule has 0 radical (unpaired) electrons. The van der Waals surface area contributed by atoms with Crippen LogP contribution in [0, 0.1) is 11.8 Å². The van der Waals surface area contributed by atoms with Crippen LogP contribution in [0.25, 0.3) is 4.96 Å². The highest BCUT2D eigenvalue weighted by Crippen LogP contribution is 2.32. The van der Waals surface area contributed by atoms with E-state index in [9.17, 15) is 8.42 Å². The molecule has 1 aliphatic heterocycles. The molecule has 0 saturated carbocycles. The van der Waals surface area contributed by atoms with Crippen molar-refractivity contribution < 1.29 is 8.42 Å². The number of sulfonamides is 1. The smallest absolute Gasteiger partial charge is 0.262 e. The zero-order chi connectivity index (χ0) is 13.8. The lowest BCUT2D eigenvalue weighted by molar-refractivity contribution is 0.460. The third-order valence-corrected chi connectivity index (χ3v) is 6.71. The normalized spacial score (nSPS) is 25.4. The molecule has 2 aromatic rings. The molecule has 0 amide bonds. The number of rotatable bonds is 2. The minimum atomic E-state index is -3.58. The Morgan fingerprint density at radius 3 is 2.63 bits per heavy atom. The van der Waals surface area contributed by atoms with Gasteiger partial charge in [-0.15, -0.1) is 11.3 Å². The Balaban J connectivity index is 2.10. The first kappa shape index (κ1) is 13.4. The Hall–Kier alpha value is -0.630. The minimum Gasteiger partial charge on any atom is -0.279 e. The molecule has 3 heterocycles. The molecule has 1 saturated heterocycles. The van der Waals surface area contributed by atoms with Crippen LogP contribution in [-0.4, -0.2) is 35.2 Å². The van der Waals surface area contributed by atoms with Gasteiger partial charge in [0, 0.05) is 24.7 Å². The quantitative estimate of drug-likeness (QED) is 0.853. The van der Waals surface area contributed by atoms with E-state index in [1.165, 1.54) is 15.6 Å². The molecule has 104 valence electrons. The number of imidazole rings is 1. The van der Waals surface area contributed by atoms with Crippen LogP contribution in [-0.2, 0) is 10.0 Å². The first-order valence-corrected chi connectivity index (χ1v) is 8.72. The van der Waals surface area contributed by atoms with E-state index in [2.05, 4.69) is 18.8 Å². The van der Waals surface area contributed by atoms with Crippen molar-refractivity contribution >= 4 is 37.9 Å². The Bertz CT molecular complexity index is 711. The molecule has 1 fully saturated rings. The number of thiazole rings is 1. The van der Waals surface area contributed by atoms with E-state index in [-0.39, 0.29) is 10.2 Å². The van der Waals surface area contributed by atoms with Gasteiger partial charge in [-0.05, 0) is 11.8 Å². The van der Waals surface area contributed by atoms with Crippen LogP contribution < -0.4 is 0 Å². The van der Waals surface area contributed by atoms with E-state index in [0.29, 0.717) is 29.9 Å². The summed E-state index contributed by atoms with van der Waals surface area (Å²) in [6, 6.07) is 0. The van der Waals surface area contributed by atoms with Crippen LogP contribution in [0.2, 0.25) is 5.15 Å². The van der Waals surface area contributed by atoms with Crippen LogP contribution in [0.4, 0.5) is 0 Å². The summed E-state index contributed by atoms with van der Waals surface area (Å²) in [7, 11) is -3.58. The topological polar surface area (TPSA) is 54.7 Å². The van der Waals surface area contributed by atoms with Gasteiger partial charge in [-0.2, -0.15) is 4.31 Å². The molecular formula is C11H14ClN3O2S2. The van der Waals surface area contributed by atoms with E-state index < -0.39 is 10.0 Å². The minimum absolute atomic E-state index is 0.0547. The first-order valence-electron chi connectivity index (χ1n) is 6.02. The molecule has 2 unspecified atom stereocenters. The van der Waals surface area contributed by atoms with Crippen LogP contribution in [0.3, 0.4) is 0 Å². The highest BCUT2D eigenvalue weighted by Gasteiger charge is 2.38. The second-order valence-corrected chi connectivity index (χ2v) is 8.12. The van der Waals surface area contributed by atoms with Gasteiger partial charge in [0.25, 0.3) is 10.0 Å². The van der Waals surface area contributed by atoms with Crippen molar-refractivity contribution in [2.75, 3.05) is 13.1 Å². The predicted octanol–water partition coefficient (Wildman–Crippen LogP) is 2.33. The van der Waals surface area contributed by atoms with E-state index in [0.717, 1.165) is 0 Å². The number of fused-ring (bicyclic) bond motifs is 1. The standard InChI is InChI=1S/C11H14ClN3O2S2/c1-7-5-14(6-8(7)2)19(16,17)10-9(12)13-11-15(10)3-4-18-11/h3-4,7-8H,5-6H2,1-2H3. The van der Waals surface area contributed by atoms with Gasteiger partial charge < -0.3 is 0 Å². The molecule has 0 spiro atoms. The molecule has 1 aliphatic rings. The third kappa shape index (κ3) is 1.99. The monoisotopic (exact) mass is 319 g/mol. The zero-order valence-corrected chi connectivity index (χ0v) is 13.0. The van der Waals surface area contributed by atoms with E-state index >= 15 is 0 Å². The molecule has 2 aromatic heterocycles. The SMILES string of the molecule is CC1CN(S(=O)(=O)c2c(Cl)nc3sccn23)CC1C. The van der Waals surface area contributed by atoms with Gasteiger partial charge in [0.15, 0.2) is 15.1 Å². The lowest BCUT2D eigenvalue weighted by Gasteiger charge is -2.15. The summed E-state index contributed by atoms with van der Waals surface area (Å²) in [5.41, 5.74) is 0. The average Bonchev–Trinajstić information content (AvgIpc) is 2.94. The number of nitrogens with zero attached hydrogens (tertiary/aromatic N) is 3. The first-order chi connectivity index (χ1) is 8.91. The van der Waals surface area contributed by atoms with Crippen LogP contribution in [0.5, 0.6) is 0 Å². The van der Waals surface area contributed by atoms with Crippen LogP contribution in [0.1, 0.15) is 13.8 Å². The average molecular weight is 320 g/mol. The molecule has 0 bridgehead atoms. The molecule has 0 aromatic carbocycles. The van der Waals surface area contributed by atoms with Crippen molar-refractivity contribution in [3.63, 3.8) is 0 Å². The fraction of sp³-hybridized carbons (Fsp3) is 0.545. The molecule has 0 aliphatic carbocycles. The maximum Gasteiger partial charge on any atom is 0.262 e. The summed E-state index contributed by atoms with van der Waals surface area (Å²) in [5.74, 6) is 0.721. The van der Waals surface area contributed by atoms with Crippen LogP contribution in [0.15, 0.2) is 16.6 Å². The molecular weight excluding hydrogens is 306 g/mol. The fourth-order valence-electron chi connectivity index (χ4n) is 2.36. The Kier molecular flexibility index (Phi) is 3.12. The van der Waals surface area contributed by atoms with E-state index in [4.69, 9.17) is 11.6 Å². The number of hydrogen-bond acceptors (Lipinski definition) is 4. The summed E-state index contributed by atoms with van der Waals surface area (Å²) in [5, 5.41) is 1.94. The van der Waals surface area contributed by atoms with Gasteiger partial charge in [-0.1, -0.05) is 25.4 Å². The largest absolute Gasteiger partial charge is 0.279 e. The highest BCUT2D eigenvalue weighted by molar-refractivity contribution is 7.89. The predicted molar refractivity (Wildman–Crippen MR) is 75.2 cm³/mol. The van der Waals surface area contributed by atoms with Crippen LogP contribution >= 0.6 is 22.9 Å². The lowest BCUT2D eigenvalue weighted by Crippen LogP contribution is -2.30. The molecule has 19 heavy (non-hydrogen) atoms. The van der Waals surface area contributed by atoms with Gasteiger partial charge in [-0.25, -0.2) is 13.4 Å². The Morgan fingerprint density at radius 1 is 1.37 bits per heavy atom. The maximum atomic E-state index is 12.7. The molecule has 3 rings (SSSR count). The molecule has 0 N–H and O–H groups in total. The van der Waals surface area contributed by atoms with Gasteiger partial charge in [0.2, 0.25) is 0 Å². The summed E-state index contributed by atoms with van der Waals surface area (Å²) < 4.78 is 28.5. The van der Waals surface area contributed by atoms with E-state index in [1.54, 1.807) is 16.0 Å². The highest BCUT2D eigenvalue weighted by atomic mass is 35.5. The van der Waals surface area contributed by atoms with Crippen molar-refractivity contribution in [1.82, 2.24) is 13.7 Å². The van der Waals surface area contributed by atoms with Gasteiger partial charge in [-0.3, -0.25) is 4.40 Å². The number of hydrogen-bond donors (Lipinski definition) is 0. The summed E-state index contributed by atoms with van der Waals surface area (Å²) in [6.45, 7) is 5.21. The molecule has 5 nitrogen and oxygen atoms in total. The lowest BCUT2D eigenvalue weighted by atomic mass is 10.0. The van der Waals surface area contributed by atoms with Gasteiger partial charge in [0.05, 0.1) is 0 Å². The van der Waals surface area contributed by atoms with Crippen molar-refractivity contribution in [3.8, 4) is 0 Å². The Morgan fingerprint density at radius 2 is 2.00 bits per heavy atom. The van der Waals surface area contributed by atoms with E-state index in [1.807, 2.05) is 0 Å². The Labute approximate surface area is 120 Å². The van der Waals surface area contributed by atoms with Crippen molar-refractivity contribution in [3.05, 3.63) is 16.7 Å². The molecule has 2 atom stereocenters. The summed E-state index contributed by atoms with van der Waals surface area (Å²) in [4.78, 5) is 4.69. The fourth-order valence-corrected chi connectivity index (χ4v) is 5.41. The number of aromatic nitrogens is 2. The van der Waals surface area contributed by atoms with Gasteiger partial charge >= 0.3 is 0 Å². The second kappa shape index (κ2) is 4.44. The third-order valence-electron chi connectivity index (χ3n) is 3.72. The number of halogens is 1. The van der Waals surface area contributed by atoms with Crippen molar-refractivity contribution in [1.29, 1.82) is 0 Å². The summed E-state index contributed by atoms with van der Waals surface area (Å²) in [6.07, 6.45) is 1.69. The second-order valence-electron chi connectivity index (χ2n) is 5.04. The van der Waals surface area contributed by atoms with Crippen molar-refractivity contribution in [2.24, 2.45) is 11.8 Å². The zero-order valence-electron chi connectivity index (χ0n) is 10.6. The molecule has 8 heteroatoms.